The van der Waals surface area contributed by atoms with Crippen molar-refractivity contribution < 1.29 is 9.13 Å². The van der Waals surface area contributed by atoms with Crippen LogP contribution in [0, 0.1) is 12.7 Å². The van der Waals surface area contributed by atoms with Crippen LogP contribution in [-0.2, 0) is 13.2 Å². The van der Waals surface area contributed by atoms with Crippen LogP contribution in [0.15, 0.2) is 30.3 Å². The maximum atomic E-state index is 13.8. The predicted molar refractivity (Wildman–Crippen MR) is 86.4 cm³/mol. The van der Waals surface area contributed by atoms with Crippen LogP contribution in [0.4, 0.5) is 4.39 Å². The molecule has 0 spiro atoms. The van der Waals surface area contributed by atoms with Crippen molar-refractivity contribution >= 4 is 11.3 Å². The van der Waals surface area contributed by atoms with Gasteiger partial charge in [0.25, 0.3) is 0 Å². The number of nitrogens with one attached hydrogen (secondary N) is 1. The highest BCUT2D eigenvalue weighted by Gasteiger charge is 2.10. The zero-order chi connectivity index (χ0) is 15.5. The molecule has 0 unspecified atom stereocenters. The van der Waals surface area contributed by atoms with Crippen molar-refractivity contribution in [2.75, 3.05) is 0 Å². The summed E-state index contributed by atoms with van der Waals surface area (Å²) in [6, 6.07) is 9.34. The van der Waals surface area contributed by atoms with Crippen molar-refractivity contribution in [3.8, 4) is 5.75 Å². The molecule has 0 aliphatic rings. The summed E-state index contributed by atoms with van der Waals surface area (Å²) in [6.07, 6.45) is 0. The smallest absolute Gasteiger partial charge is 0.167 e. The number of rotatable bonds is 5. The summed E-state index contributed by atoms with van der Waals surface area (Å²) in [5.74, 6) is 0.0430. The largest absolute Gasteiger partial charge is 0.485 e. The third-order valence-electron chi connectivity index (χ3n) is 3.04. The second-order valence-corrected chi connectivity index (χ2v) is 7.40. The van der Waals surface area contributed by atoms with E-state index in [1.54, 1.807) is 36.5 Å². The molecule has 4 heteroatoms. The summed E-state index contributed by atoms with van der Waals surface area (Å²) < 4.78 is 19.4. The minimum atomic E-state index is -0.274. The van der Waals surface area contributed by atoms with Crippen LogP contribution >= 0.6 is 11.3 Å². The van der Waals surface area contributed by atoms with Crippen molar-refractivity contribution in [2.45, 2.75) is 46.4 Å². The zero-order valence-electron chi connectivity index (χ0n) is 13.0. The third-order valence-corrected chi connectivity index (χ3v) is 4.10. The fourth-order valence-electron chi connectivity index (χ4n) is 1.83. The lowest BCUT2D eigenvalue weighted by Crippen LogP contribution is -2.34. The number of thiophene rings is 1. The Morgan fingerprint density at radius 1 is 1.14 bits per heavy atom. The molecule has 1 aromatic carbocycles. The monoisotopic (exact) mass is 307 g/mol. The fourth-order valence-corrected chi connectivity index (χ4v) is 2.70. The van der Waals surface area contributed by atoms with Gasteiger partial charge in [0.1, 0.15) is 6.61 Å². The number of benzene rings is 1. The van der Waals surface area contributed by atoms with E-state index in [0.29, 0.717) is 17.9 Å². The standard InChI is InChI=1S/C17H22FNOS/c1-12-6-5-7-15(16(12)18)20-11-14-9-8-13(21-14)10-19-17(2,3)4/h5-9,19H,10-11H2,1-4H3. The van der Waals surface area contributed by atoms with Gasteiger partial charge in [-0.1, -0.05) is 12.1 Å². The Bertz CT molecular complexity index is 601. The molecule has 0 atom stereocenters. The Hall–Kier alpha value is -1.39. The summed E-state index contributed by atoms with van der Waals surface area (Å²) in [5.41, 5.74) is 0.708. The number of ether oxygens (including phenoxy) is 1. The molecule has 1 N–H and O–H groups in total. The van der Waals surface area contributed by atoms with E-state index in [1.165, 1.54) is 4.88 Å². The van der Waals surface area contributed by atoms with Crippen molar-refractivity contribution in [1.82, 2.24) is 5.32 Å². The lowest BCUT2D eigenvalue weighted by molar-refractivity contribution is 0.293. The molecule has 0 saturated heterocycles. The Kier molecular flexibility index (Phi) is 5.01. The molecule has 2 rings (SSSR count). The molecule has 0 amide bonds. The maximum absolute atomic E-state index is 13.8. The number of hydrogen-bond acceptors (Lipinski definition) is 3. The minimum absolute atomic E-state index is 0.103. The molecule has 1 heterocycles. The van der Waals surface area contributed by atoms with Gasteiger partial charge < -0.3 is 10.1 Å². The fraction of sp³-hybridized carbons (Fsp3) is 0.412. The molecule has 1 aromatic heterocycles. The summed E-state index contributed by atoms with van der Waals surface area (Å²) in [7, 11) is 0. The van der Waals surface area contributed by atoms with Gasteiger partial charge in [-0.25, -0.2) is 4.39 Å². The quantitative estimate of drug-likeness (QED) is 0.867. The molecule has 114 valence electrons. The average molecular weight is 307 g/mol. The molecule has 0 aliphatic heterocycles. The highest BCUT2D eigenvalue weighted by atomic mass is 32.1. The molecule has 0 bridgehead atoms. The average Bonchev–Trinajstić information content (AvgIpc) is 2.85. The lowest BCUT2D eigenvalue weighted by atomic mass is 10.1. The van der Waals surface area contributed by atoms with E-state index in [9.17, 15) is 4.39 Å². The Labute approximate surface area is 130 Å². The van der Waals surface area contributed by atoms with Crippen molar-refractivity contribution in [1.29, 1.82) is 0 Å². The molecule has 0 fully saturated rings. The van der Waals surface area contributed by atoms with Gasteiger partial charge in [0, 0.05) is 21.8 Å². The van der Waals surface area contributed by atoms with Gasteiger partial charge >= 0.3 is 0 Å². The normalized spacial score (nSPS) is 11.7. The van der Waals surface area contributed by atoms with Gasteiger partial charge in [-0.05, 0) is 51.5 Å². The molecule has 0 radical (unpaired) electrons. The molecule has 2 nitrogen and oxygen atoms in total. The molecular formula is C17H22FNOS. The van der Waals surface area contributed by atoms with Gasteiger partial charge in [-0.2, -0.15) is 0 Å². The Balaban J connectivity index is 1.92. The van der Waals surface area contributed by atoms with E-state index < -0.39 is 0 Å². The molecule has 21 heavy (non-hydrogen) atoms. The molecule has 0 saturated carbocycles. The Morgan fingerprint density at radius 3 is 2.57 bits per heavy atom. The lowest BCUT2D eigenvalue weighted by Gasteiger charge is -2.19. The van der Waals surface area contributed by atoms with Crippen LogP contribution in [0.25, 0.3) is 0 Å². The molecule has 0 aliphatic carbocycles. The van der Waals surface area contributed by atoms with E-state index in [-0.39, 0.29) is 11.4 Å². The first kappa shape index (κ1) is 16.0. The van der Waals surface area contributed by atoms with Crippen LogP contribution in [0.5, 0.6) is 5.75 Å². The minimum Gasteiger partial charge on any atom is -0.485 e. The van der Waals surface area contributed by atoms with Gasteiger partial charge in [0.2, 0.25) is 0 Å². The van der Waals surface area contributed by atoms with Crippen molar-refractivity contribution in [3.05, 3.63) is 51.5 Å². The maximum Gasteiger partial charge on any atom is 0.167 e. The zero-order valence-corrected chi connectivity index (χ0v) is 13.8. The van der Waals surface area contributed by atoms with Crippen molar-refractivity contribution in [3.63, 3.8) is 0 Å². The summed E-state index contributed by atoms with van der Waals surface area (Å²) in [6.45, 7) is 9.42. The van der Waals surface area contributed by atoms with E-state index in [2.05, 4.69) is 32.2 Å². The first-order valence-electron chi connectivity index (χ1n) is 7.06. The van der Waals surface area contributed by atoms with E-state index in [4.69, 9.17) is 4.74 Å². The summed E-state index contributed by atoms with van der Waals surface area (Å²) in [4.78, 5) is 2.36. The highest BCUT2D eigenvalue weighted by Crippen LogP contribution is 2.23. The van der Waals surface area contributed by atoms with E-state index >= 15 is 0 Å². The van der Waals surface area contributed by atoms with E-state index in [0.717, 1.165) is 11.4 Å². The Morgan fingerprint density at radius 2 is 1.86 bits per heavy atom. The second kappa shape index (κ2) is 6.58. The van der Waals surface area contributed by atoms with Gasteiger partial charge in [0.15, 0.2) is 11.6 Å². The van der Waals surface area contributed by atoms with Gasteiger partial charge in [0.05, 0.1) is 0 Å². The second-order valence-electron chi connectivity index (χ2n) is 6.15. The first-order valence-corrected chi connectivity index (χ1v) is 7.87. The van der Waals surface area contributed by atoms with Gasteiger partial charge in [-0.3, -0.25) is 0 Å². The summed E-state index contributed by atoms with van der Waals surface area (Å²) in [5, 5.41) is 3.45. The molecular weight excluding hydrogens is 285 g/mol. The molecule has 2 aromatic rings. The van der Waals surface area contributed by atoms with E-state index in [1.807, 2.05) is 6.07 Å². The number of hydrogen-bond donors (Lipinski definition) is 1. The van der Waals surface area contributed by atoms with Crippen LogP contribution < -0.4 is 10.1 Å². The number of aryl methyl sites for hydroxylation is 1. The number of halogens is 1. The third kappa shape index (κ3) is 4.83. The van der Waals surface area contributed by atoms with Crippen LogP contribution in [0.2, 0.25) is 0 Å². The first-order chi connectivity index (χ1) is 9.85. The highest BCUT2D eigenvalue weighted by molar-refractivity contribution is 7.11. The van der Waals surface area contributed by atoms with Crippen LogP contribution in [0.3, 0.4) is 0 Å². The SMILES string of the molecule is Cc1cccc(OCc2ccc(CNC(C)(C)C)s2)c1F. The predicted octanol–water partition coefficient (Wildman–Crippen LogP) is 4.66. The van der Waals surface area contributed by atoms with Crippen LogP contribution in [-0.4, -0.2) is 5.54 Å². The summed E-state index contributed by atoms with van der Waals surface area (Å²) >= 11 is 1.69. The van der Waals surface area contributed by atoms with Crippen molar-refractivity contribution in [2.24, 2.45) is 0 Å². The van der Waals surface area contributed by atoms with Crippen LogP contribution in [0.1, 0.15) is 36.1 Å². The van der Waals surface area contributed by atoms with Gasteiger partial charge in [-0.15, -0.1) is 11.3 Å². The topological polar surface area (TPSA) is 21.3 Å².